The number of rotatable bonds is 24. The first kappa shape index (κ1) is 49.4. The highest BCUT2D eigenvalue weighted by atomic mass is 16.2. The number of nitrogens with two attached hydrogens (primary N) is 5. The first-order chi connectivity index (χ1) is 27.7. The summed E-state index contributed by atoms with van der Waals surface area (Å²) in [5.74, 6) is -6.08. The molecule has 0 unspecified atom stereocenters. The van der Waals surface area contributed by atoms with E-state index in [0.29, 0.717) is 6.42 Å². The SMILES string of the molecule is CC(C)C[C@H](NC(=O)[C@@H]1CCCN1C(=O)[C@H](CC(C)C)NC(=O)[C@H](CC(N)=O)NC(=O)[C@H](C)N)C(=O)N[C@@H](CCCN=C(N)N)C(=O)N[C@@H](Cc1ccccc1)C(N)=O. The molecule has 0 saturated carbocycles. The third kappa shape index (κ3) is 17.3. The fourth-order valence-corrected chi connectivity index (χ4v) is 6.54. The summed E-state index contributed by atoms with van der Waals surface area (Å²) in [5, 5.41) is 13.2. The molecule has 0 aromatic heterocycles. The van der Waals surface area contributed by atoms with Crippen LogP contribution in [0.1, 0.15) is 85.1 Å². The number of amides is 8. The van der Waals surface area contributed by atoms with Crippen molar-refractivity contribution in [1.82, 2.24) is 31.5 Å². The highest BCUT2D eigenvalue weighted by Crippen LogP contribution is 2.21. The minimum absolute atomic E-state index is 0.0661. The molecule has 1 fully saturated rings. The largest absolute Gasteiger partial charge is 0.370 e. The van der Waals surface area contributed by atoms with Gasteiger partial charge in [0.2, 0.25) is 47.3 Å². The number of guanidine groups is 1. The van der Waals surface area contributed by atoms with Gasteiger partial charge < -0.3 is 60.2 Å². The number of hydrogen-bond acceptors (Lipinski definition) is 10. The maximum Gasteiger partial charge on any atom is 0.245 e. The van der Waals surface area contributed by atoms with Gasteiger partial charge in [-0.25, -0.2) is 0 Å². The molecule has 0 aliphatic carbocycles. The summed E-state index contributed by atoms with van der Waals surface area (Å²) in [6, 6.07) is 0.982. The Bertz CT molecular complexity index is 1650. The lowest BCUT2D eigenvalue weighted by atomic mass is 10.00. The van der Waals surface area contributed by atoms with Crippen LogP contribution in [-0.2, 0) is 44.8 Å². The van der Waals surface area contributed by atoms with Crippen molar-refractivity contribution >= 4 is 53.2 Å². The van der Waals surface area contributed by atoms with Gasteiger partial charge in [-0.3, -0.25) is 43.3 Å². The summed E-state index contributed by atoms with van der Waals surface area (Å²) in [5.41, 5.74) is 28.3. The standard InChI is InChI=1S/C39H64N12O8/c1-21(2)17-27(35(56)46-25(13-9-15-45-39(43)44)34(55)47-26(32(42)53)19-24-11-7-6-8-12-24)49-37(58)30-14-10-16-51(30)38(59)29(18-22(3)4)50-36(57)28(20-31(41)52)48-33(54)23(5)40/h6-8,11-12,21-23,25-30H,9-10,13-20,40H2,1-5H3,(H2,41,52)(H2,42,53)(H,46,56)(H,47,55)(H,48,54)(H,49,58)(H,50,57)(H4,43,44,45)/t23-,25-,26-,27-,28-,29-,30-/m0/s1. The number of likely N-dealkylation sites (tertiary alicyclic amines) is 1. The Balaban J connectivity index is 2.31. The van der Waals surface area contributed by atoms with E-state index in [2.05, 4.69) is 31.6 Å². The molecular formula is C39H64N12O8. The molecule has 1 aromatic carbocycles. The van der Waals surface area contributed by atoms with Crippen LogP contribution in [0.5, 0.6) is 0 Å². The molecule has 1 aromatic rings. The van der Waals surface area contributed by atoms with Crippen molar-refractivity contribution in [3.05, 3.63) is 35.9 Å². The van der Waals surface area contributed by atoms with Gasteiger partial charge in [0.25, 0.3) is 0 Å². The van der Waals surface area contributed by atoms with E-state index in [9.17, 15) is 38.4 Å². The Kier molecular flexibility index (Phi) is 20.2. The molecule has 1 aliphatic heterocycles. The molecule has 0 radical (unpaired) electrons. The molecule has 7 atom stereocenters. The van der Waals surface area contributed by atoms with Gasteiger partial charge in [0.05, 0.1) is 12.5 Å². The van der Waals surface area contributed by atoms with Crippen molar-refractivity contribution in [3.63, 3.8) is 0 Å². The van der Waals surface area contributed by atoms with E-state index in [1.165, 1.54) is 11.8 Å². The second-order valence-electron chi connectivity index (χ2n) is 15.8. The van der Waals surface area contributed by atoms with Crippen molar-refractivity contribution in [1.29, 1.82) is 0 Å². The molecule has 20 nitrogen and oxygen atoms in total. The topological polar surface area (TPSA) is 342 Å². The lowest BCUT2D eigenvalue weighted by Crippen LogP contribution is -2.60. The number of aliphatic imine (C=N–C) groups is 1. The number of carbonyl (C=O) groups is 8. The molecular weight excluding hydrogens is 765 g/mol. The zero-order valence-electron chi connectivity index (χ0n) is 34.7. The van der Waals surface area contributed by atoms with Crippen molar-refractivity contribution in [2.45, 2.75) is 128 Å². The van der Waals surface area contributed by atoms with Crippen LogP contribution in [0, 0.1) is 11.8 Å². The van der Waals surface area contributed by atoms with Gasteiger partial charge in [-0.05, 0) is 62.8 Å². The first-order valence-electron chi connectivity index (χ1n) is 19.9. The summed E-state index contributed by atoms with van der Waals surface area (Å²) in [7, 11) is 0. The van der Waals surface area contributed by atoms with E-state index in [4.69, 9.17) is 28.7 Å². The summed E-state index contributed by atoms with van der Waals surface area (Å²) in [6.07, 6.45) is 0.938. The number of primary amides is 2. The number of nitrogens with one attached hydrogen (secondary N) is 5. The Morgan fingerprint density at radius 1 is 0.712 bits per heavy atom. The Hall–Kier alpha value is -5.79. The van der Waals surface area contributed by atoms with Crippen LogP contribution in [0.2, 0.25) is 0 Å². The zero-order valence-corrected chi connectivity index (χ0v) is 34.7. The van der Waals surface area contributed by atoms with Gasteiger partial charge in [-0.15, -0.1) is 0 Å². The van der Waals surface area contributed by atoms with Gasteiger partial charge in [0.15, 0.2) is 5.96 Å². The van der Waals surface area contributed by atoms with Crippen molar-refractivity contribution in [2.75, 3.05) is 13.1 Å². The van der Waals surface area contributed by atoms with Gasteiger partial charge >= 0.3 is 0 Å². The monoisotopic (exact) mass is 828 g/mol. The molecule has 15 N–H and O–H groups in total. The molecule has 328 valence electrons. The van der Waals surface area contributed by atoms with E-state index < -0.39 is 96.0 Å². The van der Waals surface area contributed by atoms with Gasteiger partial charge in [-0.1, -0.05) is 58.0 Å². The highest BCUT2D eigenvalue weighted by molar-refractivity contribution is 5.98. The summed E-state index contributed by atoms with van der Waals surface area (Å²) in [4.78, 5) is 111. The molecule has 2 rings (SSSR count). The smallest absolute Gasteiger partial charge is 0.245 e. The number of benzene rings is 1. The molecule has 1 aliphatic rings. The van der Waals surface area contributed by atoms with Crippen LogP contribution in [0.15, 0.2) is 35.3 Å². The predicted molar refractivity (Wildman–Crippen MR) is 220 cm³/mol. The lowest BCUT2D eigenvalue weighted by Gasteiger charge is -2.31. The first-order valence-corrected chi connectivity index (χ1v) is 19.9. The lowest BCUT2D eigenvalue weighted by molar-refractivity contribution is -0.143. The number of carbonyl (C=O) groups excluding carboxylic acids is 8. The molecule has 59 heavy (non-hydrogen) atoms. The van der Waals surface area contributed by atoms with E-state index in [1.54, 1.807) is 30.3 Å². The second-order valence-corrected chi connectivity index (χ2v) is 15.8. The van der Waals surface area contributed by atoms with Crippen LogP contribution < -0.4 is 55.3 Å². The molecule has 1 saturated heterocycles. The average Bonchev–Trinajstić information content (AvgIpc) is 3.64. The van der Waals surface area contributed by atoms with E-state index >= 15 is 0 Å². The second kappa shape index (κ2) is 24.2. The molecule has 20 heteroatoms. The average molecular weight is 829 g/mol. The van der Waals surface area contributed by atoms with E-state index in [0.717, 1.165) is 5.56 Å². The van der Waals surface area contributed by atoms with Crippen LogP contribution in [-0.4, -0.2) is 113 Å². The zero-order chi connectivity index (χ0) is 44.4. The van der Waals surface area contributed by atoms with Gasteiger partial charge in [0, 0.05) is 19.5 Å². The molecule has 0 spiro atoms. The third-order valence-corrected chi connectivity index (χ3v) is 9.47. The van der Waals surface area contributed by atoms with Crippen LogP contribution in [0.25, 0.3) is 0 Å². The van der Waals surface area contributed by atoms with Crippen molar-refractivity contribution in [2.24, 2.45) is 45.5 Å². The van der Waals surface area contributed by atoms with Gasteiger partial charge in [-0.2, -0.15) is 0 Å². The maximum absolute atomic E-state index is 14.1. The van der Waals surface area contributed by atoms with E-state index in [1.807, 2.05) is 27.7 Å². The Labute approximate surface area is 345 Å². The normalized spacial score (nSPS) is 16.7. The number of nitrogens with zero attached hydrogens (tertiary/aromatic N) is 2. The maximum atomic E-state index is 14.1. The Morgan fingerprint density at radius 3 is 1.81 bits per heavy atom. The minimum atomic E-state index is -1.40. The predicted octanol–water partition coefficient (Wildman–Crippen LogP) is -2.50. The highest BCUT2D eigenvalue weighted by Gasteiger charge is 2.40. The Morgan fingerprint density at radius 2 is 1.25 bits per heavy atom. The summed E-state index contributed by atoms with van der Waals surface area (Å²) < 4.78 is 0. The third-order valence-electron chi connectivity index (χ3n) is 9.47. The van der Waals surface area contributed by atoms with Crippen LogP contribution in [0.4, 0.5) is 0 Å². The van der Waals surface area contributed by atoms with Crippen LogP contribution in [0.3, 0.4) is 0 Å². The van der Waals surface area contributed by atoms with Gasteiger partial charge in [0.1, 0.15) is 36.3 Å². The fraction of sp³-hybridized carbons (Fsp3) is 0.615. The minimum Gasteiger partial charge on any atom is -0.370 e. The van der Waals surface area contributed by atoms with Crippen molar-refractivity contribution < 1.29 is 38.4 Å². The molecule has 1 heterocycles. The molecule has 8 amide bonds. The fourth-order valence-electron chi connectivity index (χ4n) is 6.54. The summed E-state index contributed by atoms with van der Waals surface area (Å²) >= 11 is 0. The number of hydrogen-bond donors (Lipinski definition) is 10. The quantitative estimate of drug-likeness (QED) is 0.0295. The van der Waals surface area contributed by atoms with Crippen LogP contribution >= 0.6 is 0 Å². The molecule has 0 bridgehead atoms. The summed E-state index contributed by atoms with van der Waals surface area (Å²) in [6.45, 7) is 9.08. The van der Waals surface area contributed by atoms with Crippen molar-refractivity contribution in [3.8, 4) is 0 Å². The van der Waals surface area contributed by atoms with E-state index in [-0.39, 0.29) is 69.4 Å².